The minimum atomic E-state index is -0.509. The standard InChI is InChI=1S/C24H24FN9O2/c1-14-16(2-4-20(25)18(14)8-26)22-11-32-6-7-33(10-15(32)12-36-22)23(35)17-3-5-21-19(17)9-27-24(29-21)34-13-28-30-31-34/h2,4,9,13,15,17,22H,3,5-7,10-12H2,1H3/t15-,17?,22+/m1/s1. The van der Waals surface area contributed by atoms with E-state index in [1.807, 2.05) is 11.0 Å². The number of ether oxygens (including phenoxy) is 1. The van der Waals surface area contributed by atoms with Crippen LogP contribution in [0.1, 0.15) is 46.4 Å². The highest BCUT2D eigenvalue weighted by Gasteiger charge is 2.39. The van der Waals surface area contributed by atoms with Crippen molar-refractivity contribution in [3.05, 3.63) is 58.4 Å². The Morgan fingerprint density at radius 1 is 1.25 bits per heavy atom. The second-order valence-electron chi connectivity index (χ2n) is 9.42. The summed E-state index contributed by atoms with van der Waals surface area (Å²) in [5.74, 6) is -0.266. The zero-order valence-corrected chi connectivity index (χ0v) is 19.7. The maximum absolute atomic E-state index is 14.0. The third-order valence-corrected chi connectivity index (χ3v) is 7.51. The highest BCUT2D eigenvalue weighted by atomic mass is 19.1. The molecule has 6 rings (SSSR count). The predicted octanol–water partition coefficient (Wildman–Crippen LogP) is 1.09. The molecule has 2 aromatic heterocycles. The van der Waals surface area contributed by atoms with E-state index >= 15 is 0 Å². The van der Waals surface area contributed by atoms with E-state index in [4.69, 9.17) is 4.74 Å². The maximum Gasteiger partial charge on any atom is 0.253 e. The van der Waals surface area contributed by atoms with Crippen molar-refractivity contribution in [3.8, 4) is 12.0 Å². The highest BCUT2D eigenvalue weighted by Crippen LogP contribution is 2.35. The number of amides is 1. The van der Waals surface area contributed by atoms with Crippen molar-refractivity contribution in [2.75, 3.05) is 32.8 Å². The Labute approximate surface area is 206 Å². The molecule has 0 radical (unpaired) electrons. The largest absolute Gasteiger partial charge is 0.370 e. The van der Waals surface area contributed by atoms with Crippen molar-refractivity contribution in [2.45, 2.75) is 37.8 Å². The fourth-order valence-electron chi connectivity index (χ4n) is 5.54. The number of aryl methyl sites for hydroxylation is 1. The lowest BCUT2D eigenvalue weighted by atomic mass is 9.96. The van der Waals surface area contributed by atoms with Gasteiger partial charge in [0.05, 0.1) is 35.9 Å². The zero-order chi connectivity index (χ0) is 24.8. The number of tetrazole rings is 1. The Kier molecular flexibility index (Phi) is 5.66. The topological polar surface area (TPSA) is 126 Å². The lowest BCUT2D eigenvalue weighted by molar-refractivity contribution is -0.141. The van der Waals surface area contributed by atoms with Gasteiger partial charge in [-0.2, -0.15) is 9.94 Å². The summed E-state index contributed by atoms with van der Waals surface area (Å²) in [6, 6.07) is 5.09. The van der Waals surface area contributed by atoms with Crippen LogP contribution in [0, 0.1) is 24.1 Å². The third-order valence-electron chi connectivity index (χ3n) is 7.51. The van der Waals surface area contributed by atoms with Gasteiger partial charge in [0.25, 0.3) is 5.95 Å². The fraction of sp³-hybridized carbons (Fsp3) is 0.458. The number of rotatable bonds is 3. The van der Waals surface area contributed by atoms with Crippen LogP contribution >= 0.6 is 0 Å². The van der Waals surface area contributed by atoms with E-state index in [0.29, 0.717) is 50.6 Å². The summed E-state index contributed by atoms with van der Waals surface area (Å²) in [7, 11) is 0. The monoisotopic (exact) mass is 489 g/mol. The van der Waals surface area contributed by atoms with E-state index in [2.05, 4.69) is 30.4 Å². The van der Waals surface area contributed by atoms with Gasteiger partial charge in [-0.1, -0.05) is 6.07 Å². The maximum atomic E-state index is 14.0. The van der Waals surface area contributed by atoms with Crippen molar-refractivity contribution in [1.29, 1.82) is 5.26 Å². The molecule has 4 heterocycles. The number of hydrogen-bond acceptors (Lipinski definition) is 9. The average molecular weight is 490 g/mol. The molecule has 184 valence electrons. The Balaban J connectivity index is 1.12. The number of nitrogens with zero attached hydrogens (tertiary/aromatic N) is 9. The number of halogens is 1. The van der Waals surface area contributed by atoms with Gasteiger partial charge in [0.15, 0.2) is 0 Å². The molecule has 2 aliphatic heterocycles. The number of piperazine rings is 1. The number of benzene rings is 1. The second-order valence-corrected chi connectivity index (χ2v) is 9.42. The van der Waals surface area contributed by atoms with Crippen LogP contribution in [0.2, 0.25) is 0 Å². The number of hydrogen-bond donors (Lipinski definition) is 0. The van der Waals surface area contributed by atoms with E-state index in [-0.39, 0.29) is 29.5 Å². The summed E-state index contributed by atoms with van der Waals surface area (Å²) in [5.41, 5.74) is 3.27. The average Bonchev–Trinajstić information content (AvgIpc) is 3.58. The van der Waals surface area contributed by atoms with Gasteiger partial charge in [0.1, 0.15) is 18.2 Å². The molecule has 1 unspecified atom stereocenters. The minimum absolute atomic E-state index is 0.0690. The van der Waals surface area contributed by atoms with Crippen molar-refractivity contribution in [1.82, 2.24) is 40.0 Å². The first kappa shape index (κ1) is 22.6. The molecule has 3 aliphatic rings. The molecule has 0 saturated carbocycles. The molecule has 1 aromatic carbocycles. The van der Waals surface area contributed by atoms with Crippen LogP contribution in [0.3, 0.4) is 0 Å². The van der Waals surface area contributed by atoms with Crippen LogP contribution in [-0.2, 0) is 16.0 Å². The Bertz CT molecular complexity index is 1360. The lowest BCUT2D eigenvalue weighted by Crippen LogP contribution is -2.60. The summed E-state index contributed by atoms with van der Waals surface area (Å²) < 4.78 is 21.5. The summed E-state index contributed by atoms with van der Waals surface area (Å²) >= 11 is 0. The van der Waals surface area contributed by atoms with Gasteiger partial charge in [-0.15, -0.1) is 5.10 Å². The van der Waals surface area contributed by atoms with Crippen LogP contribution in [0.5, 0.6) is 0 Å². The SMILES string of the molecule is Cc1c([C@@H]2CN3CCN(C(=O)C4CCc5nc(-n6cnnn6)ncc54)C[C@@H]3CO2)ccc(F)c1C#N. The summed E-state index contributed by atoms with van der Waals surface area (Å²) in [4.78, 5) is 26.7. The fourth-order valence-corrected chi connectivity index (χ4v) is 5.54. The number of aromatic nitrogens is 6. The Morgan fingerprint density at radius 2 is 2.14 bits per heavy atom. The van der Waals surface area contributed by atoms with Crippen molar-refractivity contribution >= 4 is 5.91 Å². The number of nitriles is 1. The normalized spacial score (nSPS) is 23.7. The molecular formula is C24H24FN9O2. The smallest absolute Gasteiger partial charge is 0.253 e. The van der Waals surface area contributed by atoms with Gasteiger partial charge in [0, 0.05) is 37.9 Å². The van der Waals surface area contributed by atoms with E-state index in [9.17, 15) is 14.4 Å². The summed E-state index contributed by atoms with van der Waals surface area (Å²) in [5, 5.41) is 20.4. The number of carbonyl (C=O) groups excluding carboxylic acids is 1. The molecule has 12 heteroatoms. The van der Waals surface area contributed by atoms with E-state index < -0.39 is 5.82 Å². The zero-order valence-electron chi connectivity index (χ0n) is 19.7. The van der Waals surface area contributed by atoms with Crippen LogP contribution in [0.15, 0.2) is 24.7 Å². The number of fused-ring (bicyclic) bond motifs is 2. The van der Waals surface area contributed by atoms with Gasteiger partial charge < -0.3 is 9.64 Å². The van der Waals surface area contributed by atoms with Crippen LogP contribution in [-0.4, -0.2) is 84.7 Å². The summed E-state index contributed by atoms with van der Waals surface area (Å²) in [6.45, 7) is 4.82. The van der Waals surface area contributed by atoms with Crippen molar-refractivity contribution in [3.63, 3.8) is 0 Å². The molecule has 11 nitrogen and oxygen atoms in total. The molecule has 1 amide bonds. The van der Waals surface area contributed by atoms with E-state index in [0.717, 1.165) is 23.4 Å². The highest BCUT2D eigenvalue weighted by molar-refractivity contribution is 5.85. The molecular weight excluding hydrogens is 465 g/mol. The first-order valence-electron chi connectivity index (χ1n) is 12.0. The van der Waals surface area contributed by atoms with Gasteiger partial charge in [-0.3, -0.25) is 9.69 Å². The molecule has 2 saturated heterocycles. The quantitative estimate of drug-likeness (QED) is 0.531. The molecule has 2 fully saturated rings. The molecule has 3 aromatic rings. The number of carbonyl (C=O) groups is 1. The van der Waals surface area contributed by atoms with Crippen molar-refractivity contribution < 1.29 is 13.9 Å². The Morgan fingerprint density at radius 3 is 2.94 bits per heavy atom. The molecule has 0 N–H and O–H groups in total. The van der Waals surface area contributed by atoms with Gasteiger partial charge >= 0.3 is 0 Å². The van der Waals surface area contributed by atoms with E-state index in [1.54, 1.807) is 19.2 Å². The predicted molar refractivity (Wildman–Crippen MR) is 122 cm³/mol. The van der Waals surface area contributed by atoms with Gasteiger partial charge in [-0.25, -0.2) is 14.4 Å². The molecule has 0 spiro atoms. The second kappa shape index (κ2) is 9.00. The van der Waals surface area contributed by atoms with Crippen LogP contribution < -0.4 is 0 Å². The first-order chi connectivity index (χ1) is 17.5. The molecule has 0 bridgehead atoms. The molecule has 1 aliphatic carbocycles. The molecule has 3 atom stereocenters. The minimum Gasteiger partial charge on any atom is -0.370 e. The van der Waals surface area contributed by atoms with Crippen LogP contribution in [0.4, 0.5) is 4.39 Å². The van der Waals surface area contributed by atoms with Crippen LogP contribution in [0.25, 0.3) is 5.95 Å². The molecule has 36 heavy (non-hydrogen) atoms. The first-order valence-corrected chi connectivity index (χ1v) is 12.0. The van der Waals surface area contributed by atoms with Crippen molar-refractivity contribution in [2.24, 2.45) is 0 Å². The third kappa shape index (κ3) is 3.81. The Hall–Kier alpha value is -3.82. The number of morpholine rings is 1. The van der Waals surface area contributed by atoms with Gasteiger partial charge in [0.2, 0.25) is 5.91 Å². The van der Waals surface area contributed by atoms with E-state index in [1.165, 1.54) is 17.1 Å². The van der Waals surface area contributed by atoms with Gasteiger partial charge in [-0.05, 0) is 47.4 Å². The lowest BCUT2D eigenvalue weighted by Gasteiger charge is -2.46. The summed E-state index contributed by atoms with van der Waals surface area (Å²) in [6.07, 6.45) is 4.34.